The zero-order valence-electron chi connectivity index (χ0n) is 7.09. The van der Waals surface area contributed by atoms with Crippen molar-refractivity contribution in [2.24, 2.45) is 0 Å². The number of alkyl halides is 1. The Hall–Kier alpha value is -0.290. The maximum atomic E-state index is 11.1. The number of amides is 1. The number of halogens is 2. The average molecular weight is 311 g/mol. The van der Waals surface area contributed by atoms with Gasteiger partial charge in [0.25, 0.3) is 0 Å². The number of rotatable bonds is 3. The summed E-state index contributed by atoms with van der Waals surface area (Å²) in [6, 6.07) is 3.64. The van der Waals surface area contributed by atoms with Crippen molar-refractivity contribution in [3.63, 3.8) is 0 Å². The number of nitrogens with zero attached hydrogens (tertiary/aromatic N) is 1. The van der Waals surface area contributed by atoms with E-state index in [1.165, 1.54) is 0 Å². The summed E-state index contributed by atoms with van der Waals surface area (Å²) in [7, 11) is 1.74. The predicted octanol–water partition coefficient (Wildman–Crippen LogP) is 2.40. The molecule has 0 aliphatic heterocycles. The second-order valence-corrected chi connectivity index (χ2v) is 3.93. The van der Waals surface area contributed by atoms with Crippen LogP contribution in [0.5, 0.6) is 0 Å². The molecule has 1 heterocycles. The molecule has 72 valence electrons. The summed E-state index contributed by atoms with van der Waals surface area (Å²) in [5, 5.41) is 0.339. The maximum Gasteiger partial charge on any atom is 0.233 e. The van der Waals surface area contributed by atoms with Gasteiger partial charge in [-0.05, 0) is 28.1 Å². The Bertz CT molecular complexity index is 298. The van der Waals surface area contributed by atoms with Gasteiger partial charge in [0.05, 0.1) is 11.9 Å². The molecule has 0 radical (unpaired) electrons. The lowest BCUT2D eigenvalue weighted by atomic mass is 10.4. The van der Waals surface area contributed by atoms with Gasteiger partial charge in [0.1, 0.15) is 5.76 Å². The van der Waals surface area contributed by atoms with Gasteiger partial charge in [-0.25, -0.2) is 0 Å². The molecule has 3 nitrogen and oxygen atoms in total. The third kappa shape index (κ3) is 3.15. The molecule has 0 bridgehead atoms. The largest absolute Gasteiger partial charge is 0.452 e. The number of carbonyl (C=O) groups excluding carboxylic acids is 1. The zero-order chi connectivity index (χ0) is 9.84. The molecule has 0 fully saturated rings. The first-order chi connectivity index (χ1) is 6.13. The molecule has 1 aromatic heterocycles. The van der Waals surface area contributed by atoms with Crippen LogP contribution in [-0.2, 0) is 11.3 Å². The molecule has 0 saturated heterocycles. The van der Waals surface area contributed by atoms with Gasteiger partial charge < -0.3 is 9.32 Å². The average Bonchev–Trinajstić information content (AvgIpc) is 2.49. The van der Waals surface area contributed by atoms with E-state index < -0.39 is 0 Å². The predicted molar refractivity (Wildman–Crippen MR) is 56.7 cm³/mol. The van der Waals surface area contributed by atoms with Gasteiger partial charge in [-0.15, -0.1) is 0 Å². The summed E-state index contributed by atoms with van der Waals surface area (Å²) in [6.45, 7) is 0.496. The van der Waals surface area contributed by atoms with E-state index in [2.05, 4.69) is 31.9 Å². The Labute approximate surface area is 93.3 Å². The molecule has 0 atom stereocenters. The van der Waals surface area contributed by atoms with Crippen LogP contribution in [0.1, 0.15) is 5.76 Å². The highest BCUT2D eigenvalue weighted by molar-refractivity contribution is 9.10. The molecule has 1 amide bonds. The molecular formula is C8H9Br2NO2. The van der Waals surface area contributed by atoms with E-state index in [1.54, 1.807) is 11.9 Å². The van der Waals surface area contributed by atoms with Crippen molar-refractivity contribution in [2.75, 3.05) is 12.4 Å². The lowest BCUT2D eigenvalue weighted by Gasteiger charge is -2.13. The molecule has 1 rings (SSSR count). The minimum Gasteiger partial charge on any atom is -0.452 e. The zero-order valence-corrected chi connectivity index (χ0v) is 10.3. The first-order valence-corrected chi connectivity index (χ1v) is 5.59. The standard InChI is InChI=1S/C8H9Br2NO2/c1-11(8(12)4-9)5-6-2-3-7(10)13-6/h2-3H,4-5H2,1H3. The van der Waals surface area contributed by atoms with Crippen molar-refractivity contribution in [1.29, 1.82) is 0 Å². The molecule has 5 heteroatoms. The fourth-order valence-corrected chi connectivity index (χ4v) is 1.63. The SMILES string of the molecule is CN(Cc1ccc(Br)o1)C(=O)CBr. The van der Waals surface area contributed by atoms with Gasteiger partial charge in [0.2, 0.25) is 5.91 Å². The summed E-state index contributed by atoms with van der Waals surface area (Å²) < 4.78 is 5.94. The molecular weight excluding hydrogens is 302 g/mol. The highest BCUT2D eigenvalue weighted by Gasteiger charge is 2.09. The van der Waals surface area contributed by atoms with E-state index in [-0.39, 0.29) is 5.91 Å². The molecule has 0 spiro atoms. The lowest BCUT2D eigenvalue weighted by Crippen LogP contribution is -2.26. The summed E-state index contributed by atoms with van der Waals surface area (Å²) in [4.78, 5) is 12.7. The minimum absolute atomic E-state index is 0.0347. The summed E-state index contributed by atoms with van der Waals surface area (Å²) >= 11 is 6.30. The second kappa shape index (κ2) is 4.81. The van der Waals surface area contributed by atoms with Crippen molar-refractivity contribution in [3.8, 4) is 0 Å². The van der Waals surface area contributed by atoms with Crippen molar-refractivity contribution in [1.82, 2.24) is 4.90 Å². The van der Waals surface area contributed by atoms with Crippen LogP contribution in [0.15, 0.2) is 21.2 Å². The molecule has 0 N–H and O–H groups in total. The molecule has 0 aliphatic carbocycles. The van der Waals surface area contributed by atoms with Gasteiger partial charge in [-0.2, -0.15) is 0 Å². The molecule has 1 aromatic rings. The van der Waals surface area contributed by atoms with E-state index in [1.807, 2.05) is 12.1 Å². The van der Waals surface area contributed by atoms with Crippen LogP contribution < -0.4 is 0 Å². The minimum atomic E-state index is 0.0347. The van der Waals surface area contributed by atoms with Crippen LogP contribution in [-0.4, -0.2) is 23.2 Å². The van der Waals surface area contributed by atoms with Crippen LogP contribution in [0.4, 0.5) is 0 Å². The fourth-order valence-electron chi connectivity index (χ4n) is 0.861. The third-order valence-electron chi connectivity index (χ3n) is 1.56. The first-order valence-electron chi connectivity index (χ1n) is 3.67. The lowest BCUT2D eigenvalue weighted by molar-refractivity contribution is -0.127. The Morgan fingerprint density at radius 1 is 1.62 bits per heavy atom. The van der Waals surface area contributed by atoms with Crippen LogP contribution in [0.2, 0.25) is 0 Å². The Kier molecular flexibility index (Phi) is 3.99. The van der Waals surface area contributed by atoms with E-state index in [9.17, 15) is 4.79 Å². The molecule has 13 heavy (non-hydrogen) atoms. The Morgan fingerprint density at radius 2 is 2.31 bits per heavy atom. The van der Waals surface area contributed by atoms with Crippen LogP contribution in [0.3, 0.4) is 0 Å². The number of hydrogen-bond donors (Lipinski definition) is 0. The first kappa shape index (κ1) is 10.8. The van der Waals surface area contributed by atoms with E-state index in [0.29, 0.717) is 16.5 Å². The van der Waals surface area contributed by atoms with E-state index in [4.69, 9.17) is 4.42 Å². The van der Waals surface area contributed by atoms with Gasteiger partial charge >= 0.3 is 0 Å². The number of hydrogen-bond acceptors (Lipinski definition) is 2. The topological polar surface area (TPSA) is 33.5 Å². The quantitative estimate of drug-likeness (QED) is 0.803. The second-order valence-electron chi connectivity index (χ2n) is 2.59. The van der Waals surface area contributed by atoms with Gasteiger partial charge in [0, 0.05) is 7.05 Å². The van der Waals surface area contributed by atoms with Crippen LogP contribution in [0, 0.1) is 0 Å². The molecule has 0 aromatic carbocycles. The van der Waals surface area contributed by atoms with E-state index in [0.717, 1.165) is 5.76 Å². The highest BCUT2D eigenvalue weighted by atomic mass is 79.9. The monoisotopic (exact) mass is 309 g/mol. The van der Waals surface area contributed by atoms with Crippen molar-refractivity contribution >= 4 is 37.8 Å². The van der Waals surface area contributed by atoms with Gasteiger partial charge in [-0.3, -0.25) is 4.79 Å². The van der Waals surface area contributed by atoms with Gasteiger partial charge in [0.15, 0.2) is 4.67 Å². The summed E-state index contributed by atoms with van der Waals surface area (Å²) in [5.41, 5.74) is 0. The van der Waals surface area contributed by atoms with E-state index >= 15 is 0 Å². The van der Waals surface area contributed by atoms with Crippen LogP contribution in [0.25, 0.3) is 0 Å². The van der Waals surface area contributed by atoms with Crippen molar-refractivity contribution in [2.45, 2.75) is 6.54 Å². The Balaban J connectivity index is 2.54. The third-order valence-corrected chi connectivity index (χ3v) is 2.47. The normalized spacial score (nSPS) is 10.1. The molecule has 0 aliphatic rings. The summed E-state index contributed by atoms with van der Waals surface area (Å²) in [6.07, 6.45) is 0. The number of furan rings is 1. The smallest absolute Gasteiger partial charge is 0.233 e. The highest BCUT2D eigenvalue weighted by Crippen LogP contribution is 2.15. The Morgan fingerprint density at radius 3 is 2.77 bits per heavy atom. The summed E-state index contributed by atoms with van der Waals surface area (Å²) in [5.74, 6) is 0.802. The van der Waals surface area contributed by atoms with Gasteiger partial charge in [-0.1, -0.05) is 15.9 Å². The molecule has 0 saturated carbocycles. The maximum absolute atomic E-state index is 11.1. The van der Waals surface area contributed by atoms with Crippen LogP contribution >= 0.6 is 31.9 Å². The van der Waals surface area contributed by atoms with Crippen molar-refractivity contribution in [3.05, 3.63) is 22.6 Å². The molecule has 0 unspecified atom stereocenters. The van der Waals surface area contributed by atoms with Crippen molar-refractivity contribution < 1.29 is 9.21 Å². The fraction of sp³-hybridized carbons (Fsp3) is 0.375. The number of carbonyl (C=O) groups is 1.